The van der Waals surface area contributed by atoms with Crippen molar-refractivity contribution >= 4 is 34.0 Å². The molecule has 1 atom stereocenters. The van der Waals surface area contributed by atoms with E-state index in [9.17, 15) is 9.59 Å². The second-order valence-corrected chi connectivity index (χ2v) is 6.93. The van der Waals surface area contributed by atoms with Crippen LogP contribution in [0.1, 0.15) is 11.4 Å². The first-order chi connectivity index (χ1) is 13.0. The second-order valence-electron chi connectivity index (χ2n) is 5.87. The van der Waals surface area contributed by atoms with Gasteiger partial charge in [0.05, 0.1) is 25.8 Å². The summed E-state index contributed by atoms with van der Waals surface area (Å²) in [6.45, 7) is 0.595. The Bertz CT molecular complexity index is 840. The number of ether oxygens (including phenoxy) is 3. The normalized spacial score (nSPS) is 16.5. The van der Waals surface area contributed by atoms with Gasteiger partial charge < -0.3 is 24.4 Å². The standard InChI is InChI=1S/C17H20N4O5S/c1-24-9-14-19-20-17(27-14)18-16(23)10-6-15(22)21(8-10)12-5-4-11(25-2)7-13(12)26-3/h4-5,7,10H,6,8-9H2,1-3H3,(H,18,20,23)/t10-/m1/s1. The molecule has 1 N–H and O–H groups in total. The minimum atomic E-state index is -0.487. The highest BCUT2D eigenvalue weighted by Crippen LogP contribution is 2.36. The van der Waals surface area contributed by atoms with Crippen molar-refractivity contribution in [3.8, 4) is 11.5 Å². The van der Waals surface area contributed by atoms with E-state index < -0.39 is 5.92 Å². The van der Waals surface area contributed by atoms with Crippen LogP contribution in [0.3, 0.4) is 0 Å². The Balaban J connectivity index is 1.70. The number of hydrogen-bond acceptors (Lipinski definition) is 8. The number of aromatic nitrogens is 2. The summed E-state index contributed by atoms with van der Waals surface area (Å²) in [5.74, 6) is 0.241. The zero-order chi connectivity index (χ0) is 19.4. The number of methoxy groups -OCH3 is 3. The van der Waals surface area contributed by atoms with E-state index in [1.807, 2.05) is 0 Å². The Morgan fingerprint density at radius 3 is 2.81 bits per heavy atom. The quantitative estimate of drug-likeness (QED) is 0.765. The van der Waals surface area contributed by atoms with E-state index in [4.69, 9.17) is 14.2 Å². The van der Waals surface area contributed by atoms with Crippen LogP contribution in [-0.2, 0) is 20.9 Å². The predicted molar refractivity (Wildman–Crippen MR) is 99.3 cm³/mol. The summed E-state index contributed by atoms with van der Waals surface area (Å²) in [5, 5.41) is 11.6. The van der Waals surface area contributed by atoms with Crippen LogP contribution in [0, 0.1) is 5.92 Å². The minimum Gasteiger partial charge on any atom is -0.497 e. The van der Waals surface area contributed by atoms with Gasteiger partial charge in [0, 0.05) is 26.1 Å². The van der Waals surface area contributed by atoms with E-state index >= 15 is 0 Å². The molecule has 1 saturated heterocycles. The molecule has 0 spiro atoms. The third-order valence-corrected chi connectivity index (χ3v) is 4.95. The van der Waals surface area contributed by atoms with E-state index in [-0.39, 0.29) is 24.8 Å². The first-order valence-corrected chi connectivity index (χ1v) is 9.02. The molecule has 2 amide bonds. The summed E-state index contributed by atoms with van der Waals surface area (Å²) in [5.41, 5.74) is 0.608. The van der Waals surface area contributed by atoms with Gasteiger partial charge in [-0.15, -0.1) is 10.2 Å². The lowest BCUT2D eigenvalue weighted by Crippen LogP contribution is -2.28. The highest BCUT2D eigenvalue weighted by molar-refractivity contribution is 7.15. The summed E-state index contributed by atoms with van der Waals surface area (Å²) in [7, 11) is 4.64. The van der Waals surface area contributed by atoms with Crippen LogP contribution < -0.4 is 19.7 Å². The molecule has 9 nitrogen and oxygen atoms in total. The van der Waals surface area contributed by atoms with Crippen LogP contribution in [0.15, 0.2) is 18.2 Å². The second kappa shape index (κ2) is 8.31. The maximum atomic E-state index is 12.5. The van der Waals surface area contributed by atoms with Gasteiger partial charge >= 0.3 is 0 Å². The molecule has 1 fully saturated rings. The van der Waals surface area contributed by atoms with Gasteiger partial charge in [0.1, 0.15) is 23.1 Å². The Kier molecular flexibility index (Phi) is 5.87. The average Bonchev–Trinajstić information content (AvgIpc) is 3.28. The summed E-state index contributed by atoms with van der Waals surface area (Å²) >= 11 is 1.24. The maximum Gasteiger partial charge on any atom is 0.231 e. The largest absolute Gasteiger partial charge is 0.497 e. The number of carbonyl (C=O) groups excluding carboxylic acids is 2. The number of nitrogens with one attached hydrogen (secondary N) is 1. The number of carbonyl (C=O) groups is 2. The van der Waals surface area contributed by atoms with E-state index in [2.05, 4.69) is 15.5 Å². The number of hydrogen-bond donors (Lipinski definition) is 1. The molecule has 1 aromatic heterocycles. The van der Waals surface area contributed by atoms with Crippen LogP contribution >= 0.6 is 11.3 Å². The molecule has 1 aromatic carbocycles. The molecule has 0 radical (unpaired) electrons. The van der Waals surface area contributed by atoms with Crippen LogP contribution in [-0.4, -0.2) is 49.9 Å². The Morgan fingerprint density at radius 2 is 2.11 bits per heavy atom. The van der Waals surface area contributed by atoms with Gasteiger partial charge in [-0.1, -0.05) is 11.3 Å². The van der Waals surface area contributed by atoms with Crippen LogP contribution in [0.2, 0.25) is 0 Å². The van der Waals surface area contributed by atoms with Crippen LogP contribution in [0.25, 0.3) is 0 Å². The molecule has 27 heavy (non-hydrogen) atoms. The number of rotatable bonds is 7. The van der Waals surface area contributed by atoms with Crippen molar-refractivity contribution in [1.29, 1.82) is 0 Å². The van der Waals surface area contributed by atoms with E-state index in [1.165, 1.54) is 18.4 Å². The highest BCUT2D eigenvalue weighted by Gasteiger charge is 2.36. The van der Waals surface area contributed by atoms with Gasteiger partial charge in [-0.2, -0.15) is 0 Å². The summed E-state index contributed by atoms with van der Waals surface area (Å²) in [6.07, 6.45) is 0.116. The minimum absolute atomic E-state index is 0.116. The lowest BCUT2D eigenvalue weighted by atomic mass is 10.1. The lowest BCUT2D eigenvalue weighted by molar-refractivity contribution is -0.122. The summed E-state index contributed by atoms with van der Waals surface area (Å²) < 4.78 is 15.5. The highest BCUT2D eigenvalue weighted by atomic mass is 32.1. The third-order valence-electron chi connectivity index (χ3n) is 4.14. The fourth-order valence-corrected chi connectivity index (χ4v) is 3.53. The van der Waals surface area contributed by atoms with Gasteiger partial charge in [-0.05, 0) is 12.1 Å². The van der Waals surface area contributed by atoms with E-state index in [0.717, 1.165) is 0 Å². The number of anilines is 2. The molecule has 0 aliphatic carbocycles. The topological polar surface area (TPSA) is 103 Å². The monoisotopic (exact) mass is 392 g/mol. The fraction of sp³-hybridized carbons (Fsp3) is 0.412. The zero-order valence-electron chi connectivity index (χ0n) is 15.2. The predicted octanol–water partition coefficient (Wildman–Crippen LogP) is 1.69. The van der Waals surface area contributed by atoms with Crippen molar-refractivity contribution in [1.82, 2.24) is 10.2 Å². The Morgan fingerprint density at radius 1 is 1.30 bits per heavy atom. The van der Waals surface area contributed by atoms with Gasteiger partial charge in [-0.25, -0.2) is 0 Å². The Hall–Kier alpha value is -2.72. The lowest BCUT2D eigenvalue weighted by Gasteiger charge is -2.20. The maximum absolute atomic E-state index is 12.5. The summed E-state index contributed by atoms with van der Waals surface area (Å²) in [6, 6.07) is 5.20. The molecule has 2 aromatic rings. The number of amides is 2. The molecule has 1 aliphatic heterocycles. The first-order valence-electron chi connectivity index (χ1n) is 8.20. The first kappa shape index (κ1) is 19.1. The number of nitrogens with zero attached hydrogens (tertiary/aromatic N) is 3. The molecular formula is C17H20N4O5S. The van der Waals surface area contributed by atoms with E-state index in [1.54, 1.807) is 37.3 Å². The zero-order valence-corrected chi connectivity index (χ0v) is 16.0. The molecule has 1 aliphatic rings. The SMILES string of the molecule is COCc1nnc(NC(=O)[C@@H]2CC(=O)N(c3ccc(OC)cc3OC)C2)s1. The van der Waals surface area contributed by atoms with Crippen LogP contribution in [0.5, 0.6) is 11.5 Å². The molecule has 10 heteroatoms. The van der Waals surface area contributed by atoms with Crippen molar-refractivity contribution in [3.05, 3.63) is 23.2 Å². The molecule has 0 unspecified atom stereocenters. The third kappa shape index (κ3) is 4.17. The van der Waals surface area contributed by atoms with Crippen molar-refractivity contribution in [2.24, 2.45) is 5.92 Å². The molecule has 144 valence electrons. The van der Waals surface area contributed by atoms with Gasteiger partial charge in [0.15, 0.2) is 0 Å². The molecule has 0 saturated carbocycles. The Labute approximate surface area is 160 Å². The number of benzene rings is 1. The van der Waals surface area contributed by atoms with Crippen molar-refractivity contribution in [3.63, 3.8) is 0 Å². The van der Waals surface area contributed by atoms with Crippen LogP contribution in [0.4, 0.5) is 10.8 Å². The van der Waals surface area contributed by atoms with Gasteiger partial charge in [0.2, 0.25) is 16.9 Å². The molecule has 2 heterocycles. The van der Waals surface area contributed by atoms with Crippen molar-refractivity contribution < 1.29 is 23.8 Å². The molecule has 3 rings (SSSR count). The van der Waals surface area contributed by atoms with Gasteiger partial charge in [-0.3, -0.25) is 9.59 Å². The smallest absolute Gasteiger partial charge is 0.231 e. The summed E-state index contributed by atoms with van der Waals surface area (Å²) in [4.78, 5) is 26.6. The van der Waals surface area contributed by atoms with Crippen molar-refractivity contribution in [2.45, 2.75) is 13.0 Å². The fourth-order valence-electron chi connectivity index (χ4n) is 2.82. The van der Waals surface area contributed by atoms with E-state index in [0.29, 0.717) is 33.9 Å². The molecule has 0 bridgehead atoms. The van der Waals surface area contributed by atoms with Gasteiger partial charge in [0.25, 0.3) is 0 Å². The van der Waals surface area contributed by atoms with Crippen molar-refractivity contribution in [2.75, 3.05) is 38.1 Å². The molecular weight excluding hydrogens is 372 g/mol. The average molecular weight is 392 g/mol.